The molecule has 0 aliphatic carbocycles. The number of nitrogens with one attached hydrogen (secondary N) is 1. The third kappa shape index (κ3) is 2.45. The predicted octanol–water partition coefficient (Wildman–Crippen LogP) is 4.24. The van der Waals surface area contributed by atoms with E-state index in [-0.39, 0.29) is 0 Å². The summed E-state index contributed by atoms with van der Waals surface area (Å²) in [4.78, 5) is 0. The van der Waals surface area contributed by atoms with Gasteiger partial charge in [-0.25, -0.2) is 0 Å². The summed E-state index contributed by atoms with van der Waals surface area (Å²) >= 11 is 0. The predicted molar refractivity (Wildman–Crippen MR) is 79.3 cm³/mol. The highest BCUT2D eigenvalue weighted by Gasteiger charge is 2.04. The average molecular weight is 237 g/mol. The number of allylic oxidation sites excluding steroid dienone is 1. The van der Waals surface area contributed by atoms with Gasteiger partial charge in [0.15, 0.2) is 0 Å². The monoisotopic (exact) mass is 237 g/mol. The Morgan fingerprint density at radius 2 is 1.72 bits per heavy atom. The molecule has 18 heavy (non-hydrogen) atoms. The number of rotatable bonds is 3. The highest BCUT2D eigenvalue weighted by atomic mass is 14.8. The number of benzene rings is 2. The first-order valence-electron chi connectivity index (χ1n) is 6.26. The number of aryl methyl sites for hydroxylation is 1. The summed E-state index contributed by atoms with van der Waals surface area (Å²) in [6, 6.07) is 17.1. The third-order valence-electron chi connectivity index (χ3n) is 3.18. The van der Waals surface area contributed by atoms with Crippen LogP contribution in [0.5, 0.6) is 0 Å². The van der Waals surface area contributed by atoms with E-state index in [9.17, 15) is 0 Å². The van der Waals surface area contributed by atoms with Crippen LogP contribution in [-0.4, -0.2) is 7.05 Å². The molecule has 0 amide bonds. The van der Waals surface area contributed by atoms with Crippen molar-refractivity contribution in [3.05, 3.63) is 65.7 Å². The minimum atomic E-state index is 1.17. The van der Waals surface area contributed by atoms with Crippen molar-refractivity contribution in [3.63, 3.8) is 0 Å². The molecule has 0 bridgehead atoms. The zero-order chi connectivity index (χ0) is 13.0. The van der Waals surface area contributed by atoms with Crippen molar-refractivity contribution in [3.8, 4) is 11.1 Å². The van der Waals surface area contributed by atoms with Gasteiger partial charge in [0, 0.05) is 18.3 Å². The molecule has 2 aromatic rings. The zero-order valence-corrected chi connectivity index (χ0v) is 11.2. The Labute approximate surface area is 109 Å². The summed E-state index contributed by atoms with van der Waals surface area (Å²) in [5.41, 5.74) is 6.26. The Kier molecular flexibility index (Phi) is 3.83. The van der Waals surface area contributed by atoms with Crippen LogP contribution in [0.3, 0.4) is 0 Å². The molecule has 0 radical (unpaired) electrons. The Balaban J connectivity index is 2.43. The van der Waals surface area contributed by atoms with Gasteiger partial charge in [-0.15, -0.1) is 0 Å². The fraction of sp³-hybridized carbons (Fsp3) is 0.176. The van der Waals surface area contributed by atoms with Crippen LogP contribution in [0, 0.1) is 6.92 Å². The second kappa shape index (κ2) is 5.54. The van der Waals surface area contributed by atoms with E-state index in [0.29, 0.717) is 0 Å². The first-order valence-corrected chi connectivity index (χ1v) is 6.26. The highest BCUT2D eigenvalue weighted by Crippen LogP contribution is 2.24. The molecule has 0 atom stereocenters. The lowest BCUT2D eigenvalue weighted by Gasteiger charge is -2.12. The van der Waals surface area contributed by atoms with Crippen LogP contribution in [0.25, 0.3) is 16.8 Å². The van der Waals surface area contributed by atoms with Gasteiger partial charge in [-0.05, 0) is 30.5 Å². The largest absolute Gasteiger partial charge is 0.388 e. The first kappa shape index (κ1) is 12.4. The van der Waals surface area contributed by atoms with E-state index >= 15 is 0 Å². The summed E-state index contributed by atoms with van der Waals surface area (Å²) in [7, 11) is 1.96. The van der Waals surface area contributed by atoms with Gasteiger partial charge in [-0.2, -0.15) is 0 Å². The molecule has 0 spiro atoms. The van der Waals surface area contributed by atoms with Gasteiger partial charge in [0.1, 0.15) is 0 Å². The van der Waals surface area contributed by atoms with Gasteiger partial charge in [-0.3, -0.25) is 0 Å². The Morgan fingerprint density at radius 3 is 2.28 bits per heavy atom. The van der Waals surface area contributed by atoms with Gasteiger partial charge >= 0.3 is 0 Å². The van der Waals surface area contributed by atoms with Crippen molar-refractivity contribution in [1.29, 1.82) is 0 Å². The molecule has 0 aliphatic rings. The minimum absolute atomic E-state index is 1.17. The lowest BCUT2D eigenvalue weighted by atomic mass is 9.98. The normalized spacial score (nSPS) is 11.4. The molecule has 0 unspecified atom stereocenters. The Morgan fingerprint density at radius 1 is 1.00 bits per heavy atom. The van der Waals surface area contributed by atoms with Crippen LogP contribution >= 0.6 is 0 Å². The smallest absolute Gasteiger partial charge is 0.0370 e. The lowest BCUT2D eigenvalue weighted by Crippen LogP contribution is -2.05. The molecule has 1 heteroatoms. The summed E-state index contributed by atoms with van der Waals surface area (Å²) in [6.45, 7) is 4.21. The van der Waals surface area contributed by atoms with Crippen LogP contribution < -0.4 is 5.32 Å². The molecular weight excluding hydrogens is 218 g/mol. The SMILES string of the molecule is C/C=C(\NC)c1ccc(-c2ccccc2)cc1C. The van der Waals surface area contributed by atoms with Crippen molar-refractivity contribution in [2.75, 3.05) is 7.05 Å². The molecule has 1 nitrogen and oxygen atoms in total. The summed E-state index contributed by atoms with van der Waals surface area (Å²) in [5, 5.41) is 3.23. The highest BCUT2D eigenvalue weighted by molar-refractivity contribution is 5.72. The van der Waals surface area contributed by atoms with E-state index in [1.807, 2.05) is 13.1 Å². The maximum absolute atomic E-state index is 3.23. The molecule has 2 rings (SSSR count). The van der Waals surface area contributed by atoms with Gasteiger partial charge in [-0.1, -0.05) is 54.6 Å². The van der Waals surface area contributed by atoms with E-state index in [1.165, 1.54) is 28.0 Å². The van der Waals surface area contributed by atoms with Crippen LogP contribution in [0.2, 0.25) is 0 Å². The fourth-order valence-electron chi connectivity index (χ4n) is 2.21. The standard InChI is InChI=1S/C17H19N/c1-4-17(18-3)16-11-10-15(12-13(16)2)14-8-6-5-7-9-14/h4-12,18H,1-3H3/b17-4-. The summed E-state index contributed by atoms with van der Waals surface area (Å²) in [5.74, 6) is 0. The molecule has 0 saturated carbocycles. The van der Waals surface area contributed by atoms with Crippen molar-refractivity contribution in [1.82, 2.24) is 5.32 Å². The van der Waals surface area contributed by atoms with Crippen LogP contribution in [-0.2, 0) is 0 Å². The fourth-order valence-corrected chi connectivity index (χ4v) is 2.21. The molecule has 0 saturated heterocycles. The third-order valence-corrected chi connectivity index (χ3v) is 3.18. The van der Waals surface area contributed by atoms with E-state index in [2.05, 4.69) is 67.7 Å². The maximum Gasteiger partial charge on any atom is 0.0370 e. The molecule has 2 aromatic carbocycles. The maximum atomic E-state index is 3.23. The van der Waals surface area contributed by atoms with Gasteiger partial charge in [0.2, 0.25) is 0 Å². The molecule has 0 aliphatic heterocycles. The molecule has 0 aromatic heterocycles. The number of hydrogen-bond acceptors (Lipinski definition) is 1. The van der Waals surface area contributed by atoms with Crippen molar-refractivity contribution >= 4 is 5.70 Å². The second-order valence-corrected chi connectivity index (χ2v) is 4.35. The minimum Gasteiger partial charge on any atom is -0.388 e. The van der Waals surface area contributed by atoms with Gasteiger partial charge in [0.05, 0.1) is 0 Å². The Hall–Kier alpha value is -2.02. The van der Waals surface area contributed by atoms with E-state index in [0.717, 1.165) is 0 Å². The summed E-state index contributed by atoms with van der Waals surface area (Å²) < 4.78 is 0. The molecule has 92 valence electrons. The van der Waals surface area contributed by atoms with E-state index < -0.39 is 0 Å². The number of hydrogen-bond donors (Lipinski definition) is 1. The van der Waals surface area contributed by atoms with Crippen LogP contribution in [0.15, 0.2) is 54.6 Å². The Bertz CT molecular complexity index is 553. The van der Waals surface area contributed by atoms with Gasteiger partial charge < -0.3 is 5.32 Å². The zero-order valence-electron chi connectivity index (χ0n) is 11.2. The second-order valence-electron chi connectivity index (χ2n) is 4.35. The van der Waals surface area contributed by atoms with Crippen molar-refractivity contribution in [2.24, 2.45) is 0 Å². The lowest BCUT2D eigenvalue weighted by molar-refractivity contribution is 1.11. The molecule has 0 heterocycles. The first-order chi connectivity index (χ1) is 8.76. The van der Waals surface area contributed by atoms with Crippen molar-refractivity contribution < 1.29 is 0 Å². The van der Waals surface area contributed by atoms with Crippen molar-refractivity contribution in [2.45, 2.75) is 13.8 Å². The van der Waals surface area contributed by atoms with Crippen LogP contribution in [0.4, 0.5) is 0 Å². The van der Waals surface area contributed by atoms with Gasteiger partial charge in [0.25, 0.3) is 0 Å². The molecule has 1 N–H and O–H groups in total. The molecule has 0 fully saturated rings. The topological polar surface area (TPSA) is 12.0 Å². The summed E-state index contributed by atoms with van der Waals surface area (Å²) in [6.07, 6.45) is 2.10. The quantitative estimate of drug-likeness (QED) is 0.841. The van der Waals surface area contributed by atoms with E-state index in [4.69, 9.17) is 0 Å². The average Bonchev–Trinajstić information content (AvgIpc) is 2.43. The van der Waals surface area contributed by atoms with Crippen LogP contribution in [0.1, 0.15) is 18.1 Å². The molecular formula is C17H19N. The van der Waals surface area contributed by atoms with E-state index in [1.54, 1.807) is 0 Å².